The van der Waals surface area contributed by atoms with Crippen molar-refractivity contribution in [1.82, 2.24) is 29.5 Å². The summed E-state index contributed by atoms with van der Waals surface area (Å²) in [6.45, 7) is 0. The van der Waals surface area contributed by atoms with Crippen molar-refractivity contribution in [1.29, 1.82) is 0 Å². The fraction of sp³-hybridized carbons (Fsp3) is 0. The standard InChI is InChI=1S/C55H32N6S2/c1-4-15-33(16-5-1)49-51-50(39-22-11-13-25-45(39)63-51)57-53(56-49)36-28-30-46-42(32-36)48-40(23-14-26-47(48)62-46)55-59-52(34-17-6-2-7-18-34)58-54(60-55)35-27-29-44-41(31-35)38-21-10-12-24-43(38)61(44)37-19-8-3-9-20-37/h1-32H. The maximum absolute atomic E-state index is 5.32. The monoisotopic (exact) mass is 840 g/mol. The van der Waals surface area contributed by atoms with E-state index in [1.54, 1.807) is 22.7 Å². The molecule has 13 aromatic rings. The largest absolute Gasteiger partial charge is 0.309 e. The van der Waals surface area contributed by atoms with E-state index in [0.29, 0.717) is 23.3 Å². The van der Waals surface area contributed by atoms with Crippen LogP contribution in [0.4, 0.5) is 0 Å². The molecule has 8 heteroatoms. The van der Waals surface area contributed by atoms with Crippen LogP contribution >= 0.6 is 22.7 Å². The van der Waals surface area contributed by atoms with Crippen LogP contribution in [0.25, 0.3) is 125 Å². The SMILES string of the molecule is c1ccc(-c2nc(-c3ccc4c(c3)c3ccccc3n4-c3ccccc3)nc(-c3cccc4sc5ccc(-c6nc(-c7ccccc7)c7sc8ccccc8c7n6)cc5c34)n2)cc1. The Labute approximate surface area is 369 Å². The lowest BCUT2D eigenvalue weighted by molar-refractivity contribution is 1.08. The minimum absolute atomic E-state index is 0.618. The van der Waals surface area contributed by atoms with Crippen LogP contribution in [-0.4, -0.2) is 29.5 Å². The molecule has 63 heavy (non-hydrogen) atoms. The number of hydrogen-bond acceptors (Lipinski definition) is 7. The van der Waals surface area contributed by atoms with Gasteiger partial charge in [-0.3, -0.25) is 0 Å². The predicted octanol–water partition coefficient (Wildman–Crippen LogP) is 14.8. The van der Waals surface area contributed by atoms with Gasteiger partial charge >= 0.3 is 0 Å². The van der Waals surface area contributed by atoms with Crippen molar-refractivity contribution in [2.45, 2.75) is 0 Å². The van der Waals surface area contributed by atoms with E-state index in [1.165, 1.54) is 14.8 Å². The summed E-state index contributed by atoms with van der Waals surface area (Å²) < 4.78 is 6.95. The van der Waals surface area contributed by atoms with Crippen molar-refractivity contribution >= 4 is 85.0 Å². The Morgan fingerprint density at radius 2 is 0.937 bits per heavy atom. The number of thiophene rings is 2. The van der Waals surface area contributed by atoms with Gasteiger partial charge in [0.1, 0.15) is 0 Å². The highest BCUT2D eigenvalue weighted by Gasteiger charge is 2.21. The predicted molar refractivity (Wildman–Crippen MR) is 263 cm³/mol. The number of aromatic nitrogens is 6. The molecule has 0 aliphatic heterocycles. The first-order valence-electron chi connectivity index (χ1n) is 20.8. The first-order chi connectivity index (χ1) is 31.2. The van der Waals surface area contributed by atoms with Crippen LogP contribution in [0.5, 0.6) is 0 Å². The molecule has 294 valence electrons. The molecule has 5 aromatic heterocycles. The molecule has 0 fully saturated rings. The van der Waals surface area contributed by atoms with E-state index in [4.69, 9.17) is 24.9 Å². The van der Waals surface area contributed by atoms with Gasteiger partial charge in [-0.25, -0.2) is 24.9 Å². The van der Waals surface area contributed by atoms with E-state index < -0.39 is 0 Å². The van der Waals surface area contributed by atoms with Crippen LogP contribution < -0.4 is 0 Å². The second-order valence-corrected chi connectivity index (χ2v) is 17.8. The number of rotatable bonds is 6. The molecule has 0 atom stereocenters. The van der Waals surface area contributed by atoms with Gasteiger partial charge in [-0.1, -0.05) is 127 Å². The first-order valence-corrected chi connectivity index (χ1v) is 22.5. The highest BCUT2D eigenvalue weighted by Crippen LogP contribution is 2.43. The van der Waals surface area contributed by atoms with Gasteiger partial charge in [0.15, 0.2) is 23.3 Å². The minimum Gasteiger partial charge on any atom is -0.309 e. The highest BCUT2D eigenvalue weighted by atomic mass is 32.1. The van der Waals surface area contributed by atoms with Gasteiger partial charge in [0.2, 0.25) is 0 Å². The van der Waals surface area contributed by atoms with Crippen LogP contribution in [0.3, 0.4) is 0 Å². The molecule has 5 heterocycles. The second-order valence-electron chi connectivity index (χ2n) is 15.6. The van der Waals surface area contributed by atoms with Crippen LogP contribution in [0.1, 0.15) is 0 Å². The Hall–Kier alpha value is -7.91. The second kappa shape index (κ2) is 14.3. The van der Waals surface area contributed by atoms with Crippen molar-refractivity contribution in [3.8, 4) is 62.5 Å². The quantitative estimate of drug-likeness (QED) is 0.167. The fourth-order valence-corrected chi connectivity index (χ4v) is 11.2. The van der Waals surface area contributed by atoms with Crippen LogP contribution in [-0.2, 0) is 0 Å². The third-order valence-corrected chi connectivity index (χ3v) is 14.2. The Morgan fingerprint density at radius 3 is 1.75 bits per heavy atom. The number of fused-ring (bicyclic) bond motifs is 9. The van der Waals surface area contributed by atoms with Gasteiger partial charge in [-0.2, -0.15) is 0 Å². The number of para-hydroxylation sites is 2. The third-order valence-electron chi connectivity index (χ3n) is 11.9. The Kier molecular flexibility index (Phi) is 8.15. The van der Waals surface area contributed by atoms with E-state index in [0.717, 1.165) is 86.7 Å². The lowest BCUT2D eigenvalue weighted by Gasteiger charge is -2.11. The third kappa shape index (κ3) is 5.87. The zero-order valence-electron chi connectivity index (χ0n) is 33.5. The summed E-state index contributed by atoms with van der Waals surface area (Å²) in [4.78, 5) is 26.3. The summed E-state index contributed by atoms with van der Waals surface area (Å²) in [6, 6.07) is 67.9. The maximum atomic E-state index is 5.32. The summed E-state index contributed by atoms with van der Waals surface area (Å²) in [7, 11) is 0. The van der Waals surface area contributed by atoms with E-state index in [2.05, 4.69) is 174 Å². The first kappa shape index (κ1) is 35.8. The van der Waals surface area contributed by atoms with Crippen LogP contribution in [0.15, 0.2) is 194 Å². The molecule has 13 rings (SSSR count). The van der Waals surface area contributed by atoms with Gasteiger partial charge in [0.05, 0.1) is 26.9 Å². The molecule has 0 aliphatic carbocycles. The number of nitrogens with zero attached hydrogens (tertiary/aromatic N) is 6. The van der Waals surface area contributed by atoms with Crippen molar-refractivity contribution in [3.05, 3.63) is 194 Å². The van der Waals surface area contributed by atoms with Crippen molar-refractivity contribution in [2.75, 3.05) is 0 Å². The summed E-state index contributed by atoms with van der Waals surface area (Å²) in [6.07, 6.45) is 0. The molecule has 0 saturated heterocycles. The zero-order chi connectivity index (χ0) is 41.4. The fourth-order valence-electron chi connectivity index (χ4n) is 8.97. The summed E-state index contributed by atoms with van der Waals surface area (Å²) >= 11 is 3.52. The molecule has 6 nitrogen and oxygen atoms in total. The van der Waals surface area contributed by atoms with Gasteiger partial charge in [-0.15, -0.1) is 22.7 Å². The average molecular weight is 841 g/mol. The lowest BCUT2D eigenvalue weighted by Crippen LogP contribution is -2.00. The van der Waals surface area contributed by atoms with Gasteiger partial charge in [0.25, 0.3) is 0 Å². The minimum atomic E-state index is 0.618. The molecular formula is C55H32N6S2. The van der Waals surface area contributed by atoms with E-state index in [-0.39, 0.29) is 0 Å². The molecular weight excluding hydrogens is 809 g/mol. The molecule has 0 radical (unpaired) electrons. The molecule has 0 amide bonds. The smallest absolute Gasteiger partial charge is 0.164 e. The molecule has 0 saturated carbocycles. The Morgan fingerprint density at radius 1 is 0.349 bits per heavy atom. The Balaban J connectivity index is 1.01. The summed E-state index contributed by atoms with van der Waals surface area (Å²) in [5.41, 5.74) is 10.1. The molecule has 0 spiro atoms. The van der Waals surface area contributed by atoms with Crippen molar-refractivity contribution in [2.24, 2.45) is 0 Å². The summed E-state index contributed by atoms with van der Waals surface area (Å²) in [5, 5.41) is 5.67. The molecule has 0 aliphatic rings. The molecule has 0 bridgehead atoms. The summed E-state index contributed by atoms with van der Waals surface area (Å²) in [5.74, 6) is 2.56. The average Bonchev–Trinajstić information content (AvgIpc) is 4.03. The number of benzene rings is 8. The van der Waals surface area contributed by atoms with Gasteiger partial charge in [-0.05, 0) is 66.7 Å². The van der Waals surface area contributed by atoms with Crippen LogP contribution in [0.2, 0.25) is 0 Å². The lowest BCUT2D eigenvalue weighted by atomic mass is 10.0. The molecule has 0 unspecified atom stereocenters. The maximum Gasteiger partial charge on any atom is 0.164 e. The molecule has 8 aromatic carbocycles. The molecule has 0 N–H and O–H groups in total. The van der Waals surface area contributed by atoms with Crippen molar-refractivity contribution in [3.63, 3.8) is 0 Å². The van der Waals surface area contributed by atoms with E-state index in [9.17, 15) is 0 Å². The van der Waals surface area contributed by atoms with Crippen LogP contribution in [0, 0.1) is 0 Å². The van der Waals surface area contributed by atoms with Gasteiger partial charge in [0, 0.05) is 74.5 Å². The zero-order valence-corrected chi connectivity index (χ0v) is 35.1. The number of hydrogen-bond donors (Lipinski definition) is 0. The van der Waals surface area contributed by atoms with Crippen molar-refractivity contribution < 1.29 is 0 Å². The highest BCUT2D eigenvalue weighted by molar-refractivity contribution is 7.26. The van der Waals surface area contributed by atoms with E-state index in [1.807, 2.05) is 24.3 Å². The van der Waals surface area contributed by atoms with Gasteiger partial charge < -0.3 is 4.57 Å². The Bertz CT molecular complexity index is 3910. The normalized spacial score (nSPS) is 11.8. The van der Waals surface area contributed by atoms with E-state index >= 15 is 0 Å². The topological polar surface area (TPSA) is 69.4 Å².